The molecular weight excluding hydrogens is 328 g/mol. The second kappa shape index (κ2) is 6.29. The molecule has 1 aliphatic rings. The number of fused-ring (bicyclic) bond motifs is 1. The minimum Gasteiger partial charge on any atom is -0.288 e. The van der Waals surface area contributed by atoms with Gasteiger partial charge in [-0.1, -0.05) is 36.0 Å². The minimum absolute atomic E-state index is 0.131. The molecular formula is C17H12N2O4S. The van der Waals surface area contributed by atoms with Crippen LogP contribution in [0.15, 0.2) is 64.5 Å². The van der Waals surface area contributed by atoms with Gasteiger partial charge in [-0.2, -0.15) is 0 Å². The minimum atomic E-state index is -0.553. The Morgan fingerprint density at radius 1 is 1.17 bits per heavy atom. The van der Waals surface area contributed by atoms with E-state index in [4.69, 9.17) is 0 Å². The largest absolute Gasteiger partial charge is 0.293 e. The van der Waals surface area contributed by atoms with Gasteiger partial charge in [0.1, 0.15) is 5.69 Å². The van der Waals surface area contributed by atoms with Crippen LogP contribution in [0.1, 0.15) is 17.3 Å². The number of carbonyl (C=O) groups excluding carboxylic acids is 2. The first kappa shape index (κ1) is 15.9. The third-order valence-corrected chi connectivity index (χ3v) is 4.59. The smallest absolute Gasteiger partial charge is 0.288 e. The predicted molar refractivity (Wildman–Crippen MR) is 91.0 cm³/mol. The highest BCUT2D eigenvalue weighted by Crippen LogP contribution is 2.40. The monoisotopic (exact) mass is 340 g/mol. The van der Waals surface area contributed by atoms with Crippen molar-refractivity contribution in [3.8, 4) is 0 Å². The average Bonchev–Trinajstić information content (AvgIpc) is 2.89. The number of thioether (sulfide) groups is 1. The summed E-state index contributed by atoms with van der Waals surface area (Å²) in [6.45, 7) is 1.30. The van der Waals surface area contributed by atoms with Crippen molar-refractivity contribution in [2.75, 3.05) is 4.90 Å². The first-order valence-electron chi connectivity index (χ1n) is 7.05. The van der Waals surface area contributed by atoms with E-state index in [1.54, 1.807) is 18.2 Å². The van der Waals surface area contributed by atoms with Gasteiger partial charge in [0.25, 0.3) is 5.69 Å². The van der Waals surface area contributed by atoms with Crippen LogP contribution in [-0.4, -0.2) is 16.6 Å². The highest BCUT2D eigenvalue weighted by Gasteiger charge is 2.28. The number of ketones is 1. The number of Topliss-reactive ketones (excluding diaryl/α,β-unsaturated/α-hetero) is 1. The van der Waals surface area contributed by atoms with Crippen molar-refractivity contribution < 1.29 is 14.5 Å². The SMILES string of the molecule is CC(=O)N(/C=C1\Sc2ccccc2C1=O)c1ccccc1[N+](=O)[O-]. The van der Waals surface area contributed by atoms with Gasteiger partial charge >= 0.3 is 0 Å². The van der Waals surface area contributed by atoms with E-state index in [0.717, 1.165) is 9.80 Å². The lowest BCUT2D eigenvalue weighted by Crippen LogP contribution is -2.23. The molecule has 120 valence electrons. The van der Waals surface area contributed by atoms with Gasteiger partial charge in [-0.25, -0.2) is 0 Å². The number of amides is 1. The van der Waals surface area contributed by atoms with Crippen molar-refractivity contribution >= 4 is 34.8 Å². The topological polar surface area (TPSA) is 80.5 Å². The van der Waals surface area contributed by atoms with Gasteiger partial charge in [0.2, 0.25) is 11.7 Å². The first-order chi connectivity index (χ1) is 11.5. The summed E-state index contributed by atoms with van der Waals surface area (Å²) < 4.78 is 0. The highest BCUT2D eigenvalue weighted by atomic mass is 32.2. The summed E-state index contributed by atoms with van der Waals surface area (Å²) in [5.74, 6) is -0.610. The van der Waals surface area contributed by atoms with Gasteiger partial charge in [0.05, 0.1) is 9.83 Å². The van der Waals surface area contributed by atoms with Gasteiger partial charge in [-0.15, -0.1) is 0 Å². The van der Waals surface area contributed by atoms with E-state index < -0.39 is 10.8 Å². The number of nitro groups is 1. The van der Waals surface area contributed by atoms with Gasteiger partial charge in [0.15, 0.2) is 0 Å². The molecule has 0 bridgehead atoms. The molecule has 3 rings (SSSR count). The fourth-order valence-corrected chi connectivity index (χ4v) is 3.41. The summed E-state index contributed by atoms with van der Waals surface area (Å²) in [7, 11) is 0. The number of carbonyl (C=O) groups is 2. The van der Waals surface area contributed by atoms with Crippen molar-refractivity contribution in [2.24, 2.45) is 0 Å². The van der Waals surface area contributed by atoms with Crippen LogP contribution in [0.25, 0.3) is 0 Å². The number of hydrogen-bond acceptors (Lipinski definition) is 5. The zero-order valence-corrected chi connectivity index (χ0v) is 13.4. The second-order valence-electron chi connectivity index (χ2n) is 5.06. The Bertz CT molecular complexity index is 892. The fraction of sp³-hybridized carbons (Fsp3) is 0.0588. The zero-order chi connectivity index (χ0) is 17.3. The van der Waals surface area contributed by atoms with Crippen molar-refractivity contribution in [1.29, 1.82) is 0 Å². The van der Waals surface area contributed by atoms with E-state index in [9.17, 15) is 19.7 Å². The van der Waals surface area contributed by atoms with Crippen LogP contribution >= 0.6 is 11.8 Å². The third-order valence-electron chi connectivity index (χ3n) is 3.50. The lowest BCUT2D eigenvalue weighted by atomic mass is 10.1. The zero-order valence-electron chi connectivity index (χ0n) is 12.6. The summed E-state index contributed by atoms with van der Waals surface area (Å²) >= 11 is 1.25. The Kier molecular flexibility index (Phi) is 4.18. The molecule has 2 aromatic carbocycles. The molecule has 0 saturated carbocycles. The molecule has 0 radical (unpaired) electrons. The first-order valence-corrected chi connectivity index (χ1v) is 7.87. The summed E-state index contributed by atoms with van der Waals surface area (Å²) in [6.07, 6.45) is 1.37. The number of nitro benzene ring substituents is 1. The van der Waals surface area contributed by atoms with E-state index in [2.05, 4.69) is 0 Å². The number of para-hydroxylation sites is 2. The van der Waals surface area contributed by atoms with Crippen LogP contribution in [0.4, 0.5) is 11.4 Å². The second-order valence-corrected chi connectivity index (χ2v) is 6.14. The molecule has 0 atom stereocenters. The molecule has 0 spiro atoms. The number of nitrogens with zero attached hydrogens (tertiary/aromatic N) is 2. The molecule has 2 aromatic rings. The van der Waals surface area contributed by atoms with Gasteiger partial charge in [0, 0.05) is 29.6 Å². The van der Waals surface area contributed by atoms with Gasteiger partial charge in [-0.3, -0.25) is 24.6 Å². The Labute approximate surface area is 141 Å². The molecule has 1 amide bonds. The number of benzene rings is 2. The molecule has 0 saturated heterocycles. The average molecular weight is 340 g/mol. The maximum absolute atomic E-state index is 12.4. The van der Waals surface area contributed by atoms with Crippen LogP contribution in [0.5, 0.6) is 0 Å². The predicted octanol–water partition coefficient (Wildman–Crippen LogP) is 3.78. The third kappa shape index (κ3) is 2.81. The quantitative estimate of drug-likeness (QED) is 0.482. The molecule has 24 heavy (non-hydrogen) atoms. The van der Waals surface area contributed by atoms with Gasteiger partial charge in [-0.05, 0) is 18.2 Å². The van der Waals surface area contributed by atoms with E-state index in [0.29, 0.717) is 10.5 Å². The molecule has 0 N–H and O–H groups in total. The molecule has 0 aromatic heterocycles. The van der Waals surface area contributed by atoms with Crippen LogP contribution in [0.2, 0.25) is 0 Å². The number of rotatable bonds is 3. The van der Waals surface area contributed by atoms with Crippen LogP contribution < -0.4 is 4.90 Å². The summed E-state index contributed by atoms with van der Waals surface area (Å²) in [4.78, 5) is 37.4. The Morgan fingerprint density at radius 2 is 1.83 bits per heavy atom. The Hall–Kier alpha value is -2.93. The van der Waals surface area contributed by atoms with Crippen molar-refractivity contribution in [3.63, 3.8) is 0 Å². The number of anilines is 1. The van der Waals surface area contributed by atoms with Crippen LogP contribution in [-0.2, 0) is 4.79 Å². The lowest BCUT2D eigenvalue weighted by Gasteiger charge is -2.17. The van der Waals surface area contributed by atoms with Crippen molar-refractivity contribution in [1.82, 2.24) is 0 Å². The molecule has 7 heteroatoms. The molecule has 1 heterocycles. The molecule has 0 fully saturated rings. The Balaban J connectivity index is 2.05. The van der Waals surface area contributed by atoms with Crippen molar-refractivity contribution in [3.05, 3.63) is 75.3 Å². The van der Waals surface area contributed by atoms with E-state index in [1.165, 1.54) is 43.1 Å². The van der Waals surface area contributed by atoms with E-state index in [1.807, 2.05) is 12.1 Å². The summed E-state index contributed by atoms with van der Waals surface area (Å²) in [5.41, 5.74) is 0.504. The molecule has 1 aliphatic heterocycles. The van der Waals surface area contributed by atoms with E-state index >= 15 is 0 Å². The maximum atomic E-state index is 12.4. The normalized spacial score (nSPS) is 14.5. The Morgan fingerprint density at radius 3 is 2.50 bits per heavy atom. The van der Waals surface area contributed by atoms with Crippen LogP contribution in [0.3, 0.4) is 0 Å². The van der Waals surface area contributed by atoms with Gasteiger partial charge < -0.3 is 0 Å². The maximum Gasteiger partial charge on any atom is 0.293 e. The molecule has 0 unspecified atom stereocenters. The summed E-state index contributed by atoms with van der Waals surface area (Å²) in [5, 5.41) is 11.2. The van der Waals surface area contributed by atoms with E-state index in [-0.39, 0.29) is 17.2 Å². The molecule has 6 nitrogen and oxygen atoms in total. The standard InChI is InChI=1S/C17H12N2O4S/c1-11(20)18(13-7-3-4-8-14(13)19(22)23)10-16-17(21)12-6-2-5-9-15(12)24-16/h2-10H,1H3/b16-10-. The highest BCUT2D eigenvalue weighted by molar-refractivity contribution is 8.04. The van der Waals surface area contributed by atoms with Crippen molar-refractivity contribution in [2.45, 2.75) is 11.8 Å². The van der Waals surface area contributed by atoms with Crippen LogP contribution in [0, 0.1) is 10.1 Å². The number of allylic oxidation sites excluding steroid dienone is 1. The molecule has 0 aliphatic carbocycles. The fourth-order valence-electron chi connectivity index (χ4n) is 2.40. The number of hydrogen-bond donors (Lipinski definition) is 0. The lowest BCUT2D eigenvalue weighted by molar-refractivity contribution is -0.384. The summed E-state index contributed by atoms with van der Waals surface area (Å²) in [6, 6.07) is 13.1.